The summed E-state index contributed by atoms with van der Waals surface area (Å²) in [5.74, 6) is -0.717. The summed E-state index contributed by atoms with van der Waals surface area (Å²) < 4.78 is 0. The molecule has 2 rings (SSSR count). The molecule has 0 aliphatic heterocycles. The number of hydrogen-bond donors (Lipinski definition) is 2. The monoisotopic (exact) mass is 306 g/mol. The quantitative estimate of drug-likeness (QED) is 0.827. The number of amides is 2. The van der Waals surface area contributed by atoms with Crippen molar-refractivity contribution in [2.75, 3.05) is 11.9 Å². The van der Waals surface area contributed by atoms with E-state index in [9.17, 15) is 9.59 Å². The van der Waals surface area contributed by atoms with Crippen LogP contribution in [0.5, 0.6) is 0 Å². The van der Waals surface area contributed by atoms with Gasteiger partial charge in [0, 0.05) is 24.6 Å². The van der Waals surface area contributed by atoms with Gasteiger partial charge in [0.1, 0.15) is 0 Å². The molecule has 0 bridgehead atoms. The number of pyridine rings is 1. The van der Waals surface area contributed by atoms with Gasteiger partial charge in [0.15, 0.2) is 0 Å². The van der Waals surface area contributed by atoms with Crippen molar-refractivity contribution in [1.82, 2.24) is 10.3 Å². The maximum atomic E-state index is 12.2. The van der Waals surface area contributed by atoms with Gasteiger partial charge in [0.05, 0.1) is 22.8 Å². The lowest BCUT2D eigenvalue weighted by molar-refractivity contribution is 0.0957. The van der Waals surface area contributed by atoms with Crippen molar-refractivity contribution in [3.05, 3.63) is 72.1 Å². The Labute approximate surface area is 133 Å². The van der Waals surface area contributed by atoms with Crippen LogP contribution in [0.4, 0.5) is 5.69 Å². The molecule has 0 spiro atoms. The zero-order chi connectivity index (χ0) is 16.7. The maximum Gasteiger partial charge on any atom is 0.257 e. The highest BCUT2D eigenvalue weighted by Gasteiger charge is 2.11. The molecule has 0 saturated carbocycles. The Bertz CT molecular complexity index is 776. The van der Waals surface area contributed by atoms with Crippen molar-refractivity contribution in [3.8, 4) is 6.07 Å². The topological polar surface area (TPSA) is 94.9 Å². The second-order valence-corrected chi connectivity index (χ2v) is 4.60. The Kier molecular flexibility index (Phi) is 5.21. The first-order valence-corrected chi connectivity index (χ1v) is 6.79. The van der Waals surface area contributed by atoms with E-state index >= 15 is 0 Å². The van der Waals surface area contributed by atoms with Crippen molar-refractivity contribution in [3.63, 3.8) is 0 Å². The third-order valence-corrected chi connectivity index (χ3v) is 2.94. The van der Waals surface area contributed by atoms with E-state index in [0.29, 0.717) is 23.4 Å². The zero-order valence-corrected chi connectivity index (χ0v) is 12.2. The summed E-state index contributed by atoms with van der Waals surface area (Å²) >= 11 is 0. The van der Waals surface area contributed by atoms with Gasteiger partial charge in [0.25, 0.3) is 11.8 Å². The number of nitrogens with zero attached hydrogens (tertiary/aromatic N) is 2. The number of hydrogen-bond acceptors (Lipinski definition) is 4. The van der Waals surface area contributed by atoms with Crippen LogP contribution in [-0.4, -0.2) is 23.3 Å². The van der Waals surface area contributed by atoms with Gasteiger partial charge >= 0.3 is 0 Å². The molecular formula is C17H14N4O2. The molecule has 0 aliphatic rings. The normalized spacial score (nSPS) is 9.52. The summed E-state index contributed by atoms with van der Waals surface area (Å²) in [5, 5.41) is 14.0. The number of anilines is 1. The summed E-state index contributed by atoms with van der Waals surface area (Å²) in [4.78, 5) is 28.0. The molecule has 114 valence electrons. The van der Waals surface area contributed by atoms with Gasteiger partial charge in [-0.15, -0.1) is 6.58 Å². The van der Waals surface area contributed by atoms with Gasteiger partial charge in [-0.25, -0.2) is 0 Å². The van der Waals surface area contributed by atoms with Crippen LogP contribution >= 0.6 is 0 Å². The fraction of sp³-hybridized carbons (Fsp3) is 0.0588. The number of carbonyl (C=O) groups excluding carboxylic acids is 2. The average Bonchev–Trinajstić information content (AvgIpc) is 2.60. The molecule has 1 aromatic heterocycles. The van der Waals surface area contributed by atoms with Gasteiger partial charge in [-0.3, -0.25) is 14.6 Å². The van der Waals surface area contributed by atoms with Crippen LogP contribution in [0.2, 0.25) is 0 Å². The van der Waals surface area contributed by atoms with Crippen molar-refractivity contribution >= 4 is 17.5 Å². The number of carbonyl (C=O) groups is 2. The molecule has 23 heavy (non-hydrogen) atoms. The second-order valence-electron chi connectivity index (χ2n) is 4.60. The summed E-state index contributed by atoms with van der Waals surface area (Å²) in [7, 11) is 0. The lowest BCUT2D eigenvalue weighted by atomic mass is 10.1. The largest absolute Gasteiger partial charge is 0.349 e. The van der Waals surface area contributed by atoms with Gasteiger partial charge in [-0.05, 0) is 30.3 Å². The van der Waals surface area contributed by atoms with Crippen LogP contribution < -0.4 is 10.6 Å². The minimum atomic E-state index is -0.388. The molecule has 2 aromatic rings. The highest BCUT2D eigenvalue weighted by Crippen LogP contribution is 2.11. The van der Waals surface area contributed by atoms with E-state index < -0.39 is 0 Å². The summed E-state index contributed by atoms with van der Waals surface area (Å²) in [5.41, 5.74) is 1.61. The Morgan fingerprint density at radius 2 is 1.83 bits per heavy atom. The predicted octanol–water partition coefficient (Wildman–Crippen LogP) is 2.12. The third-order valence-electron chi connectivity index (χ3n) is 2.94. The van der Waals surface area contributed by atoms with E-state index in [0.717, 1.165) is 0 Å². The first kappa shape index (κ1) is 15.9. The highest BCUT2D eigenvalue weighted by molar-refractivity contribution is 6.05. The van der Waals surface area contributed by atoms with Crippen molar-refractivity contribution < 1.29 is 9.59 Å². The molecule has 0 fully saturated rings. The second kappa shape index (κ2) is 7.52. The van der Waals surface area contributed by atoms with Gasteiger partial charge in [0.2, 0.25) is 0 Å². The molecule has 6 nitrogen and oxygen atoms in total. The molecular weight excluding hydrogens is 292 g/mol. The molecule has 2 N–H and O–H groups in total. The van der Waals surface area contributed by atoms with Crippen molar-refractivity contribution in [2.24, 2.45) is 0 Å². The highest BCUT2D eigenvalue weighted by atomic mass is 16.2. The van der Waals surface area contributed by atoms with E-state index in [-0.39, 0.29) is 17.4 Å². The summed E-state index contributed by atoms with van der Waals surface area (Å²) in [6.45, 7) is 3.85. The van der Waals surface area contributed by atoms with Crippen LogP contribution in [0.15, 0.2) is 55.4 Å². The number of benzene rings is 1. The number of nitrogens with one attached hydrogen (secondary N) is 2. The van der Waals surface area contributed by atoms with Crippen LogP contribution in [0.1, 0.15) is 26.3 Å². The molecule has 6 heteroatoms. The minimum absolute atomic E-state index is 0.264. The molecule has 0 radical (unpaired) electrons. The molecule has 1 heterocycles. The predicted molar refractivity (Wildman–Crippen MR) is 85.9 cm³/mol. The average molecular weight is 306 g/mol. The number of aromatic nitrogens is 1. The third kappa shape index (κ3) is 4.25. The Morgan fingerprint density at radius 3 is 2.43 bits per heavy atom. The Balaban J connectivity index is 2.11. The zero-order valence-electron chi connectivity index (χ0n) is 12.2. The molecule has 1 aromatic carbocycles. The molecule has 0 aliphatic carbocycles. The Hall–Kier alpha value is -3.46. The van der Waals surface area contributed by atoms with E-state index in [1.807, 2.05) is 6.07 Å². The molecule has 2 amide bonds. The van der Waals surface area contributed by atoms with Crippen molar-refractivity contribution in [1.29, 1.82) is 5.26 Å². The minimum Gasteiger partial charge on any atom is -0.349 e. The first-order chi connectivity index (χ1) is 11.1. The van der Waals surface area contributed by atoms with E-state index in [4.69, 9.17) is 5.26 Å². The van der Waals surface area contributed by atoms with Crippen LogP contribution in [-0.2, 0) is 0 Å². The lowest BCUT2D eigenvalue weighted by Crippen LogP contribution is -2.24. The van der Waals surface area contributed by atoms with E-state index in [2.05, 4.69) is 22.2 Å². The maximum absolute atomic E-state index is 12.2. The first-order valence-electron chi connectivity index (χ1n) is 6.79. The van der Waals surface area contributed by atoms with Crippen LogP contribution in [0.3, 0.4) is 0 Å². The fourth-order valence-electron chi connectivity index (χ4n) is 1.79. The fourth-order valence-corrected chi connectivity index (χ4v) is 1.79. The summed E-state index contributed by atoms with van der Waals surface area (Å²) in [6, 6.07) is 9.93. The Morgan fingerprint density at radius 1 is 1.17 bits per heavy atom. The summed E-state index contributed by atoms with van der Waals surface area (Å²) in [6.07, 6.45) is 4.33. The van der Waals surface area contributed by atoms with Gasteiger partial charge in [-0.2, -0.15) is 5.26 Å². The van der Waals surface area contributed by atoms with E-state index in [1.54, 1.807) is 30.3 Å². The number of nitriles is 1. The number of rotatable bonds is 5. The lowest BCUT2D eigenvalue weighted by Gasteiger charge is -2.07. The van der Waals surface area contributed by atoms with Crippen molar-refractivity contribution in [2.45, 2.75) is 0 Å². The van der Waals surface area contributed by atoms with Gasteiger partial charge < -0.3 is 10.6 Å². The standard InChI is InChI=1S/C17H14N4O2/c1-2-7-20-16(22)13-8-14(11-19-10-13)17(23)21-15-5-3-12(9-18)4-6-15/h2-6,8,10-11H,1,7H2,(H,20,22)(H,21,23). The van der Waals surface area contributed by atoms with Crippen LogP contribution in [0.25, 0.3) is 0 Å². The van der Waals surface area contributed by atoms with Gasteiger partial charge in [-0.1, -0.05) is 6.08 Å². The smallest absolute Gasteiger partial charge is 0.257 e. The van der Waals surface area contributed by atoms with E-state index in [1.165, 1.54) is 18.5 Å². The molecule has 0 unspecified atom stereocenters. The van der Waals surface area contributed by atoms with Crippen LogP contribution in [0, 0.1) is 11.3 Å². The molecule has 0 atom stereocenters. The molecule has 0 saturated heterocycles. The SMILES string of the molecule is C=CCNC(=O)c1cncc(C(=O)Nc2ccc(C#N)cc2)c1.